The molecule has 4 heterocycles. The molecule has 7 aromatic carbocycles. The van der Waals surface area contributed by atoms with Crippen molar-refractivity contribution >= 4 is 75.1 Å². The summed E-state index contributed by atoms with van der Waals surface area (Å²) in [5.74, 6) is 0.688. The number of thiophene rings is 1. The molecule has 0 bridgehead atoms. The van der Waals surface area contributed by atoms with Crippen LogP contribution in [0.15, 0.2) is 168 Å². The average molecular weight is 682 g/mol. The summed E-state index contributed by atoms with van der Waals surface area (Å²) in [6, 6.07) is 57.1. The zero-order chi connectivity index (χ0) is 34.2. The van der Waals surface area contributed by atoms with Crippen molar-refractivity contribution in [3.63, 3.8) is 0 Å². The minimum atomic E-state index is 0.688. The summed E-state index contributed by atoms with van der Waals surface area (Å²) < 4.78 is 8.90. The highest BCUT2D eigenvalue weighted by atomic mass is 32.1. The normalized spacial score (nSPS) is 11.8. The van der Waals surface area contributed by atoms with Gasteiger partial charge in [-0.3, -0.25) is 0 Å². The third-order valence-electron chi connectivity index (χ3n) is 10.1. The van der Waals surface area contributed by atoms with Gasteiger partial charge in [-0.2, -0.15) is 0 Å². The molecule has 4 aromatic heterocycles. The lowest BCUT2D eigenvalue weighted by Gasteiger charge is -2.13. The first-order valence-corrected chi connectivity index (χ1v) is 18.2. The summed E-state index contributed by atoms with van der Waals surface area (Å²) in [6.45, 7) is 0. The molecule has 0 aliphatic rings. The van der Waals surface area contributed by atoms with Gasteiger partial charge in [-0.05, 0) is 42.5 Å². The first-order chi connectivity index (χ1) is 25.7. The van der Waals surface area contributed by atoms with Crippen molar-refractivity contribution in [2.24, 2.45) is 0 Å². The summed E-state index contributed by atoms with van der Waals surface area (Å²) in [5, 5.41) is 8.07. The quantitative estimate of drug-likeness (QED) is 0.174. The lowest BCUT2D eigenvalue weighted by atomic mass is 9.95. The molecule has 242 valence electrons. The third kappa shape index (κ3) is 4.57. The van der Waals surface area contributed by atoms with Crippen LogP contribution in [0.2, 0.25) is 0 Å². The number of furan rings is 1. The van der Waals surface area contributed by atoms with Crippen LogP contribution in [-0.4, -0.2) is 15.0 Å². The molecule has 11 rings (SSSR count). The van der Waals surface area contributed by atoms with Crippen LogP contribution in [0.3, 0.4) is 0 Å². The fourth-order valence-corrected chi connectivity index (χ4v) is 8.78. The largest absolute Gasteiger partial charge is 0.456 e. The molecule has 0 N–H and O–H groups in total. The van der Waals surface area contributed by atoms with E-state index >= 15 is 0 Å². The van der Waals surface area contributed by atoms with Crippen molar-refractivity contribution < 1.29 is 4.42 Å². The highest BCUT2D eigenvalue weighted by Gasteiger charge is 2.19. The van der Waals surface area contributed by atoms with E-state index in [1.165, 1.54) is 20.2 Å². The third-order valence-corrected chi connectivity index (χ3v) is 11.2. The Bertz CT molecular complexity index is 3180. The van der Waals surface area contributed by atoms with E-state index in [4.69, 9.17) is 19.4 Å². The average Bonchev–Trinajstić information content (AvgIpc) is 3.79. The summed E-state index contributed by atoms with van der Waals surface area (Å²) >= 11 is 1.82. The maximum atomic E-state index is 6.37. The standard InChI is InChI=1S/C47H27N3OS/c1-3-11-28(12-4-1)46-36-23-24-41-45(35-16-7-9-17-40(35)51-41)44(36)34-22-20-30(25-39(34)48-46)37-27-38(50-47(49-37)29-13-5-2-6-14-29)31-19-21-33-32-15-8-10-18-42(32)52-43(33)26-31/h1-27H. The van der Waals surface area contributed by atoms with Crippen LogP contribution in [0, 0.1) is 0 Å². The number of fused-ring (bicyclic) bond motifs is 10. The van der Waals surface area contributed by atoms with Gasteiger partial charge in [-0.15, -0.1) is 11.3 Å². The molecule has 0 aliphatic heterocycles. The van der Waals surface area contributed by atoms with Gasteiger partial charge in [0.05, 0.1) is 22.6 Å². The number of nitrogens with zero attached hydrogens (tertiary/aromatic N) is 3. The van der Waals surface area contributed by atoms with Crippen LogP contribution in [0.5, 0.6) is 0 Å². The predicted molar refractivity (Wildman–Crippen MR) is 217 cm³/mol. The van der Waals surface area contributed by atoms with Crippen molar-refractivity contribution in [1.29, 1.82) is 0 Å². The molecule has 0 aliphatic carbocycles. The van der Waals surface area contributed by atoms with Crippen LogP contribution in [0.4, 0.5) is 0 Å². The van der Waals surface area contributed by atoms with Gasteiger partial charge in [-0.25, -0.2) is 15.0 Å². The van der Waals surface area contributed by atoms with Gasteiger partial charge in [0.15, 0.2) is 5.82 Å². The highest BCUT2D eigenvalue weighted by Crippen LogP contribution is 2.42. The van der Waals surface area contributed by atoms with Crippen LogP contribution >= 0.6 is 11.3 Å². The Balaban J connectivity index is 1.16. The number of hydrogen-bond donors (Lipinski definition) is 0. The predicted octanol–water partition coefficient (Wildman–Crippen LogP) is 13.1. The smallest absolute Gasteiger partial charge is 0.160 e. The molecule has 5 heteroatoms. The molecule has 52 heavy (non-hydrogen) atoms. The molecular formula is C47H27N3OS. The first-order valence-electron chi connectivity index (χ1n) is 17.3. The van der Waals surface area contributed by atoms with E-state index in [-0.39, 0.29) is 0 Å². The maximum absolute atomic E-state index is 6.37. The Hall–Kier alpha value is -6.69. The molecule has 0 amide bonds. The molecular weight excluding hydrogens is 655 g/mol. The van der Waals surface area contributed by atoms with E-state index in [1.807, 2.05) is 47.7 Å². The summed E-state index contributed by atoms with van der Waals surface area (Å²) in [7, 11) is 0. The molecule has 0 saturated heterocycles. The van der Waals surface area contributed by atoms with Crippen molar-refractivity contribution in [1.82, 2.24) is 15.0 Å². The van der Waals surface area contributed by atoms with E-state index in [9.17, 15) is 0 Å². The van der Waals surface area contributed by atoms with E-state index in [0.717, 1.165) is 82.9 Å². The van der Waals surface area contributed by atoms with Gasteiger partial charge < -0.3 is 4.42 Å². The van der Waals surface area contributed by atoms with Crippen molar-refractivity contribution in [3.8, 4) is 45.2 Å². The molecule has 0 spiro atoms. The summed E-state index contributed by atoms with van der Waals surface area (Å²) in [6.07, 6.45) is 0. The summed E-state index contributed by atoms with van der Waals surface area (Å²) in [5.41, 5.74) is 9.39. The number of para-hydroxylation sites is 1. The Morgan fingerprint density at radius 3 is 1.83 bits per heavy atom. The Morgan fingerprint density at radius 2 is 1.02 bits per heavy atom. The Kier molecular flexibility index (Phi) is 6.39. The topological polar surface area (TPSA) is 51.8 Å². The molecule has 0 unspecified atom stereocenters. The molecule has 0 atom stereocenters. The van der Waals surface area contributed by atoms with Gasteiger partial charge in [0.25, 0.3) is 0 Å². The van der Waals surface area contributed by atoms with Crippen molar-refractivity contribution in [2.45, 2.75) is 0 Å². The van der Waals surface area contributed by atoms with Crippen molar-refractivity contribution in [2.75, 3.05) is 0 Å². The van der Waals surface area contributed by atoms with E-state index < -0.39 is 0 Å². The second kappa shape index (κ2) is 11.4. The van der Waals surface area contributed by atoms with Crippen LogP contribution in [-0.2, 0) is 0 Å². The number of hydrogen-bond acceptors (Lipinski definition) is 5. The minimum absolute atomic E-state index is 0.688. The SMILES string of the molecule is c1ccc(-c2nc(-c3ccc4c(c3)nc(-c3ccccc3)c3ccc5oc6ccccc6c5c34)cc(-c3ccc4c(c3)sc3ccccc34)n2)cc1. The minimum Gasteiger partial charge on any atom is -0.456 e. The molecule has 4 nitrogen and oxygen atoms in total. The monoisotopic (exact) mass is 681 g/mol. The fraction of sp³-hybridized carbons (Fsp3) is 0. The van der Waals surface area contributed by atoms with Crippen molar-refractivity contribution in [3.05, 3.63) is 164 Å². The highest BCUT2D eigenvalue weighted by molar-refractivity contribution is 7.25. The number of benzene rings is 7. The number of pyridine rings is 1. The van der Waals surface area contributed by atoms with Crippen LogP contribution in [0.1, 0.15) is 0 Å². The molecule has 11 aromatic rings. The van der Waals surface area contributed by atoms with E-state index in [0.29, 0.717) is 5.82 Å². The zero-order valence-corrected chi connectivity index (χ0v) is 28.6. The maximum Gasteiger partial charge on any atom is 0.160 e. The van der Waals surface area contributed by atoms with Gasteiger partial charge in [0, 0.05) is 69.4 Å². The van der Waals surface area contributed by atoms with Crippen LogP contribution < -0.4 is 0 Å². The first kappa shape index (κ1) is 29.1. The molecule has 0 radical (unpaired) electrons. The van der Waals surface area contributed by atoms with Gasteiger partial charge in [0.2, 0.25) is 0 Å². The lowest BCUT2D eigenvalue weighted by molar-refractivity contribution is 0.669. The second-order valence-corrected chi connectivity index (χ2v) is 14.2. The van der Waals surface area contributed by atoms with E-state index in [2.05, 4.69) is 127 Å². The number of rotatable bonds is 4. The number of aromatic nitrogens is 3. The Labute approximate surface area is 302 Å². The zero-order valence-electron chi connectivity index (χ0n) is 27.7. The van der Waals surface area contributed by atoms with E-state index in [1.54, 1.807) is 0 Å². The second-order valence-electron chi connectivity index (χ2n) is 13.2. The molecule has 0 saturated carbocycles. The summed E-state index contributed by atoms with van der Waals surface area (Å²) in [4.78, 5) is 15.7. The van der Waals surface area contributed by atoms with Crippen LogP contribution in [0.25, 0.3) is 109 Å². The van der Waals surface area contributed by atoms with Gasteiger partial charge in [-0.1, -0.05) is 121 Å². The Morgan fingerprint density at radius 1 is 0.385 bits per heavy atom. The lowest BCUT2D eigenvalue weighted by Crippen LogP contribution is -1.96. The van der Waals surface area contributed by atoms with Gasteiger partial charge >= 0.3 is 0 Å². The molecule has 0 fully saturated rings. The van der Waals surface area contributed by atoms with Gasteiger partial charge in [0.1, 0.15) is 11.2 Å². The fourth-order valence-electron chi connectivity index (χ4n) is 7.63.